The Balaban J connectivity index is 0.000000799. The zero-order valence-corrected chi connectivity index (χ0v) is 30.2. The molecule has 57 heavy (non-hydrogen) atoms. The van der Waals surface area contributed by atoms with Crippen molar-refractivity contribution in [2.45, 2.75) is 6.61 Å². The van der Waals surface area contributed by atoms with E-state index in [1.165, 1.54) is 24.3 Å². The number of carbonyl (C=O) groups is 3. The van der Waals surface area contributed by atoms with E-state index in [0.29, 0.717) is 46.5 Å². The fourth-order valence-corrected chi connectivity index (χ4v) is 4.99. The van der Waals surface area contributed by atoms with E-state index in [2.05, 4.69) is 10.8 Å². The normalized spacial score (nSPS) is 10.1. The van der Waals surface area contributed by atoms with Gasteiger partial charge in [0.2, 0.25) is 0 Å². The van der Waals surface area contributed by atoms with E-state index in [1.807, 2.05) is 42.5 Å². The predicted molar refractivity (Wildman–Crippen MR) is 211 cm³/mol. The van der Waals surface area contributed by atoms with Gasteiger partial charge in [0, 0.05) is 5.69 Å². The van der Waals surface area contributed by atoms with Gasteiger partial charge in [-0.15, -0.1) is 0 Å². The molecule has 288 valence electrons. The number of carboxylic acid groups (broad SMARTS) is 2. The third-order valence-electron chi connectivity index (χ3n) is 7.69. The molecule has 0 unspecified atom stereocenters. The number of aromatic carboxylic acids is 2. The van der Waals surface area contributed by atoms with Gasteiger partial charge in [0.15, 0.2) is 0 Å². The molecule has 0 atom stereocenters. The SMILES string of the molecule is C#COc1ccc(C(=O)Nc2ccc(Oc3ccc(NOCc4ccc(OCCOc5ccccc5)cc4C(=O)O)cc3)cc2)c(C(=O)O)c1.Oc1ccccc1. The Morgan fingerprint density at radius 2 is 1.12 bits per heavy atom. The summed E-state index contributed by atoms with van der Waals surface area (Å²) >= 11 is 0. The minimum absolute atomic E-state index is 0.0245. The van der Waals surface area contributed by atoms with Gasteiger partial charge < -0.3 is 39.6 Å². The van der Waals surface area contributed by atoms with Gasteiger partial charge in [-0.1, -0.05) is 48.9 Å². The number of carboxylic acids is 2. The van der Waals surface area contributed by atoms with Gasteiger partial charge in [0.1, 0.15) is 60.4 Å². The molecular formula is C44H36N2O11. The van der Waals surface area contributed by atoms with Crippen molar-refractivity contribution in [2.24, 2.45) is 0 Å². The standard InChI is InChI=1S/C38H30N2O10.C6H6O/c1-2-46-31-18-19-33(35(23-31)38(44)45)36(41)39-26-9-14-29(15-10-26)50-30-16-11-27(12-17-30)40-49-24-25-8-13-32(22-34(25)37(42)43)48-21-20-47-28-6-4-3-5-7-28;7-6-4-2-1-3-5-6/h1,3-19,22-23,40H,20-21,24H2,(H,39,41)(H,42,43)(H,44,45);1-5,7H. The third-order valence-corrected chi connectivity index (χ3v) is 7.69. The first-order chi connectivity index (χ1) is 27.7. The van der Waals surface area contributed by atoms with Crippen LogP contribution in [0.4, 0.5) is 11.4 Å². The number of carbonyl (C=O) groups excluding carboxylic acids is 1. The minimum atomic E-state index is -1.31. The summed E-state index contributed by atoms with van der Waals surface area (Å²) in [5, 5.41) is 30.5. The van der Waals surface area contributed by atoms with Gasteiger partial charge in [-0.25, -0.2) is 9.59 Å². The number of amides is 1. The van der Waals surface area contributed by atoms with Gasteiger partial charge in [-0.3, -0.25) is 15.1 Å². The first-order valence-corrected chi connectivity index (χ1v) is 17.2. The molecule has 0 aliphatic carbocycles. The van der Waals surface area contributed by atoms with Gasteiger partial charge >= 0.3 is 11.9 Å². The van der Waals surface area contributed by atoms with Gasteiger partial charge in [0.05, 0.1) is 22.4 Å². The lowest BCUT2D eigenvalue weighted by Gasteiger charge is -2.13. The number of phenolic OH excluding ortho intramolecular Hbond substituents is 1. The summed E-state index contributed by atoms with van der Waals surface area (Å²) in [6.45, 7) is 0.521. The summed E-state index contributed by atoms with van der Waals surface area (Å²) in [5.41, 5.74) is 3.99. The quantitative estimate of drug-likeness (QED) is 0.0360. The number of hydrogen-bond acceptors (Lipinski definition) is 10. The van der Waals surface area contributed by atoms with Crippen molar-refractivity contribution >= 4 is 29.2 Å². The summed E-state index contributed by atoms with van der Waals surface area (Å²) in [7, 11) is 0. The summed E-state index contributed by atoms with van der Waals surface area (Å²) in [4.78, 5) is 41.9. The highest BCUT2D eigenvalue weighted by molar-refractivity contribution is 6.11. The summed E-state index contributed by atoms with van der Waals surface area (Å²) < 4.78 is 22.0. The Kier molecular flexibility index (Phi) is 14.5. The monoisotopic (exact) mass is 768 g/mol. The number of hydrogen-bond donors (Lipinski definition) is 5. The van der Waals surface area contributed by atoms with E-state index < -0.39 is 17.8 Å². The van der Waals surface area contributed by atoms with Crippen LogP contribution < -0.4 is 29.7 Å². The molecule has 0 saturated heterocycles. The van der Waals surface area contributed by atoms with Crippen molar-refractivity contribution in [1.29, 1.82) is 0 Å². The Labute approximate surface area is 327 Å². The molecular weight excluding hydrogens is 732 g/mol. The summed E-state index contributed by atoms with van der Waals surface area (Å²) in [5.74, 6) is -0.466. The van der Waals surface area contributed by atoms with E-state index in [9.17, 15) is 24.6 Å². The number of terminal acetylenes is 1. The van der Waals surface area contributed by atoms with E-state index in [-0.39, 0.29) is 35.7 Å². The molecule has 1 amide bonds. The number of ether oxygens (including phenoxy) is 4. The molecule has 13 heteroatoms. The lowest BCUT2D eigenvalue weighted by molar-refractivity contribution is 0.0682. The number of rotatable bonds is 16. The van der Waals surface area contributed by atoms with Crippen molar-refractivity contribution < 1.29 is 53.5 Å². The zero-order valence-electron chi connectivity index (χ0n) is 30.2. The largest absolute Gasteiger partial charge is 0.508 e. The lowest BCUT2D eigenvalue weighted by Crippen LogP contribution is -2.16. The minimum Gasteiger partial charge on any atom is -0.508 e. The smallest absolute Gasteiger partial charge is 0.336 e. The Bertz CT molecular complexity index is 2290. The molecule has 0 spiro atoms. The average molecular weight is 769 g/mol. The van der Waals surface area contributed by atoms with Crippen LogP contribution in [-0.4, -0.2) is 46.4 Å². The first-order valence-electron chi connectivity index (χ1n) is 17.2. The molecule has 0 fully saturated rings. The molecule has 5 N–H and O–H groups in total. The second kappa shape index (κ2) is 20.5. The van der Waals surface area contributed by atoms with Crippen molar-refractivity contribution in [2.75, 3.05) is 24.0 Å². The fourth-order valence-electron chi connectivity index (χ4n) is 4.99. The second-order valence-electron chi connectivity index (χ2n) is 11.7. The molecule has 0 heterocycles. The van der Waals surface area contributed by atoms with Crippen LogP contribution in [-0.2, 0) is 11.4 Å². The molecule has 6 rings (SSSR count). The van der Waals surface area contributed by atoms with Crippen LogP contribution in [0.25, 0.3) is 0 Å². The number of aromatic hydroxyl groups is 1. The molecule has 6 aromatic carbocycles. The maximum Gasteiger partial charge on any atom is 0.336 e. The predicted octanol–water partition coefficient (Wildman–Crippen LogP) is 8.49. The van der Waals surface area contributed by atoms with Crippen LogP contribution in [0.1, 0.15) is 36.6 Å². The highest BCUT2D eigenvalue weighted by Crippen LogP contribution is 2.26. The maximum atomic E-state index is 12.8. The Hall–Kier alpha value is -7.95. The third kappa shape index (κ3) is 12.6. The lowest BCUT2D eigenvalue weighted by atomic mass is 10.1. The number of nitrogens with one attached hydrogen (secondary N) is 2. The van der Waals surface area contributed by atoms with Crippen LogP contribution in [0.15, 0.2) is 146 Å². The topological polar surface area (TPSA) is 182 Å². The van der Waals surface area contributed by atoms with Crippen LogP contribution in [0.3, 0.4) is 0 Å². The van der Waals surface area contributed by atoms with Crippen LogP contribution in [0.5, 0.6) is 34.5 Å². The van der Waals surface area contributed by atoms with Gasteiger partial charge in [0.25, 0.3) is 5.91 Å². The molecule has 13 nitrogen and oxygen atoms in total. The zero-order chi connectivity index (χ0) is 40.4. The van der Waals surface area contributed by atoms with Crippen LogP contribution >= 0.6 is 0 Å². The molecule has 0 aliphatic rings. The molecule has 0 bridgehead atoms. The van der Waals surface area contributed by atoms with E-state index in [1.54, 1.807) is 84.9 Å². The Morgan fingerprint density at radius 1 is 0.579 bits per heavy atom. The Morgan fingerprint density at radius 3 is 1.70 bits per heavy atom. The first kappa shape index (κ1) is 40.2. The van der Waals surface area contributed by atoms with Crippen LogP contribution in [0.2, 0.25) is 0 Å². The van der Waals surface area contributed by atoms with E-state index >= 15 is 0 Å². The molecule has 0 saturated carbocycles. The fraction of sp³-hybridized carbons (Fsp3) is 0.0682. The highest BCUT2D eigenvalue weighted by Gasteiger charge is 2.18. The second-order valence-corrected chi connectivity index (χ2v) is 11.7. The molecule has 6 aromatic rings. The maximum absolute atomic E-state index is 12.8. The van der Waals surface area contributed by atoms with E-state index in [4.69, 9.17) is 35.3 Å². The van der Waals surface area contributed by atoms with Crippen LogP contribution in [0, 0.1) is 12.5 Å². The number of benzene rings is 6. The molecule has 0 radical (unpaired) electrons. The number of phenols is 1. The van der Waals surface area contributed by atoms with Crippen molar-refractivity contribution in [1.82, 2.24) is 0 Å². The summed E-state index contributed by atoms with van der Waals surface area (Å²) in [6, 6.07) is 40.0. The van der Waals surface area contributed by atoms with Gasteiger partial charge in [-0.2, -0.15) is 0 Å². The van der Waals surface area contributed by atoms with Crippen molar-refractivity contribution in [3.05, 3.63) is 168 Å². The summed E-state index contributed by atoms with van der Waals surface area (Å²) in [6.07, 6.45) is 7.05. The van der Waals surface area contributed by atoms with Crippen molar-refractivity contribution in [3.63, 3.8) is 0 Å². The molecule has 0 aliphatic heterocycles. The average Bonchev–Trinajstić information content (AvgIpc) is 3.22. The number of para-hydroxylation sites is 2. The number of anilines is 2. The van der Waals surface area contributed by atoms with Crippen molar-refractivity contribution in [3.8, 4) is 47.0 Å². The van der Waals surface area contributed by atoms with Gasteiger partial charge in [-0.05, 0) is 109 Å². The molecule has 0 aromatic heterocycles. The highest BCUT2D eigenvalue weighted by atomic mass is 16.6. The van der Waals surface area contributed by atoms with E-state index in [0.717, 1.165) is 5.75 Å².